The zero-order valence-corrected chi connectivity index (χ0v) is 12.0. The summed E-state index contributed by atoms with van der Waals surface area (Å²) in [5, 5.41) is 0.426. The highest BCUT2D eigenvalue weighted by Crippen LogP contribution is 2.15. The van der Waals surface area contributed by atoms with Gasteiger partial charge in [0.25, 0.3) is 0 Å². The summed E-state index contributed by atoms with van der Waals surface area (Å²) in [6.07, 6.45) is 0. The molecule has 1 fully saturated rings. The Kier molecular flexibility index (Phi) is 3.89. The average Bonchev–Trinajstić information content (AvgIpc) is 2.20. The zero-order chi connectivity index (χ0) is 13.3. The minimum Gasteiger partial charge on any atom is -0.291 e. The smallest absolute Gasteiger partial charge is 0.153 e. The van der Waals surface area contributed by atoms with Gasteiger partial charge in [-0.3, -0.25) is 4.90 Å². The highest BCUT2D eigenvalue weighted by Gasteiger charge is 2.28. The number of sulfone groups is 1. The normalized spacial score (nSPS) is 24.1. The highest BCUT2D eigenvalue weighted by molar-refractivity contribution is 7.91. The lowest BCUT2D eigenvalue weighted by Crippen LogP contribution is -2.46. The lowest BCUT2D eigenvalue weighted by molar-refractivity contribution is 0.212. The van der Waals surface area contributed by atoms with Crippen LogP contribution in [0.1, 0.15) is 18.4 Å². The van der Waals surface area contributed by atoms with Crippen molar-refractivity contribution in [2.24, 2.45) is 0 Å². The van der Waals surface area contributed by atoms with Gasteiger partial charge in [0, 0.05) is 18.3 Å². The van der Waals surface area contributed by atoms with Crippen LogP contribution in [-0.4, -0.2) is 47.4 Å². The third-order valence-corrected chi connectivity index (χ3v) is 5.01. The zero-order valence-electron chi connectivity index (χ0n) is 10.4. The van der Waals surface area contributed by atoms with Crippen LogP contribution in [0.25, 0.3) is 0 Å². The summed E-state index contributed by atoms with van der Waals surface area (Å²) < 4.78 is 23.0. The van der Waals surface area contributed by atoms with Gasteiger partial charge in [0.2, 0.25) is 0 Å². The van der Waals surface area contributed by atoms with Gasteiger partial charge in [0.05, 0.1) is 18.1 Å². The van der Waals surface area contributed by atoms with Crippen LogP contribution in [0.3, 0.4) is 0 Å². The van der Waals surface area contributed by atoms with E-state index in [1.807, 2.05) is 13.8 Å². The molecular weight excluding hydrogens is 274 g/mol. The molecule has 0 spiro atoms. The summed E-state index contributed by atoms with van der Waals surface area (Å²) in [5.74, 6) is 1.05. The molecule has 0 radical (unpaired) electrons. The van der Waals surface area contributed by atoms with Crippen LogP contribution >= 0.6 is 11.6 Å². The Hall–Kier alpha value is -0.720. The maximum absolute atomic E-state index is 11.5. The van der Waals surface area contributed by atoms with Crippen molar-refractivity contribution in [3.63, 3.8) is 0 Å². The maximum Gasteiger partial charge on any atom is 0.153 e. The summed E-state index contributed by atoms with van der Waals surface area (Å²) in [6, 6.07) is 1.70. The minimum atomic E-state index is -2.88. The van der Waals surface area contributed by atoms with E-state index in [2.05, 4.69) is 14.9 Å². The number of hydrogen-bond donors (Lipinski definition) is 0. The van der Waals surface area contributed by atoms with Crippen molar-refractivity contribution in [2.45, 2.75) is 26.4 Å². The lowest BCUT2D eigenvalue weighted by Gasteiger charge is -2.32. The van der Waals surface area contributed by atoms with E-state index in [-0.39, 0.29) is 17.5 Å². The monoisotopic (exact) mass is 289 g/mol. The van der Waals surface area contributed by atoms with Crippen molar-refractivity contribution in [3.8, 4) is 0 Å². The van der Waals surface area contributed by atoms with E-state index in [0.29, 0.717) is 24.1 Å². The van der Waals surface area contributed by atoms with Gasteiger partial charge in [-0.15, -0.1) is 0 Å². The molecule has 1 unspecified atom stereocenters. The molecule has 18 heavy (non-hydrogen) atoms. The second-order valence-corrected chi connectivity index (χ2v) is 7.30. The largest absolute Gasteiger partial charge is 0.291 e. The second kappa shape index (κ2) is 5.11. The van der Waals surface area contributed by atoms with Crippen molar-refractivity contribution in [2.75, 3.05) is 18.1 Å². The molecule has 5 nitrogen and oxygen atoms in total. The molecule has 2 heterocycles. The molecule has 1 aromatic heterocycles. The van der Waals surface area contributed by atoms with E-state index in [1.54, 1.807) is 6.07 Å². The van der Waals surface area contributed by atoms with Crippen LogP contribution in [0.5, 0.6) is 0 Å². The molecule has 0 saturated carbocycles. The standard InChI is InChI=1S/C11H16ClN3O2S/c1-8-5-10(12)14-11(13-8)6-15-3-4-18(16,17)7-9(15)2/h5,9H,3-4,6-7H2,1-2H3. The number of rotatable bonds is 2. The van der Waals surface area contributed by atoms with Crippen molar-refractivity contribution >= 4 is 21.4 Å². The summed E-state index contributed by atoms with van der Waals surface area (Å²) in [4.78, 5) is 10.5. The van der Waals surface area contributed by atoms with Crippen LogP contribution in [-0.2, 0) is 16.4 Å². The molecule has 7 heteroatoms. The first kappa shape index (κ1) is 13.7. The Balaban J connectivity index is 2.10. The van der Waals surface area contributed by atoms with E-state index in [4.69, 9.17) is 11.6 Å². The third kappa shape index (κ3) is 3.40. The molecular formula is C11H16ClN3O2S. The Morgan fingerprint density at radius 2 is 2.22 bits per heavy atom. The first-order valence-electron chi connectivity index (χ1n) is 5.80. The molecule has 1 atom stereocenters. The molecule has 1 aliphatic rings. The van der Waals surface area contributed by atoms with Crippen LogP contribution in [0.15, 0.2) is 6.07 Å². The first-order chi connectivity index (χ1) is 8.35. The average molecular weight is 290 g/mol. The fourth-order valence-corrected chi connectivity index (χ4v) is 3.99. The fraction of sp³-hybridized carbons (Fsp3) is 0.636. The fourth-order valence-electron chi connectivity index (χ4n) is 2.11. The van der Waals surface area contributed by atoms with Crippen molar-refractivity contribution < 1.29 is 8.42 Å². The molecule has 0 aromatic carbocycles. The topological polar surface area (TPSA) is 63.2 Å². The van der Waals surface area contributed by atoms with E-state index < -0.39 is 9.84 Å². The molecule has 0 amide bonds. The van der Waals surface area contributed by atoms with E-state index in [1.165, 1.54) is 0 Å². The summed E-state index contributed by atoms with van der Waals surface area (Å²) in [6.45, 7) is 4.84. The van der Waals surface area contributed by atoms with Crippen LogP contribution < -0.4 is 0 Å². The molecule has 100 valence electrons. The predicted molar refractivity (Wildman–Crippen MR) is 70.3 cm³/mol. The van der Waals surface area contributed by atoms with Gasteiger partial charge in [-0.25, -0.2) is 18.4 Å². The van der Waals surface area contributed by atoms with Crippen LogP contribution in [0, 0.1) is 6.92 Å². The summed E-state index contributed by atoms with van der Waals surface area (Å²) in [5.41, 5.74) is 0.822. The molecule has 1 aromatic rings. The molecule has 2 rings (SSSR count). The number of aromatic nitrogens is 2. The maximum atomic E-state index is 11.5. The van der Waals surface area contributed by atoms with Crippen LogP contribution in [0.2, 0.25) is 5.15 Å². The predicted octanol–water partition coefficient (Wildman–Crippen LogP) is 1.06. The van der Waals surface area contributed by atoms with Crippen molar-refractivity contribution in [1.29, 1.82) is 0 Å². The van der Waals surface area contributed by atoms with Gasteiger partial charge in [-0.2, -0.15) is 0 Å². The van der Waals surface area contributed by atoms with E-state index in [0.717, 1.165) is 5.69 Å². The van der Waals surface area contributed by atoms with E-state index in [9.17, 15) is 8.42 Å². The molecule has 0 N–H and O–H groups in total. The summed E-state index contributed by atoms with van der Waals surface area (Å²) >= 11 is 5.88. The lowest BCUT2D eigenvalue weighted by atomic mass is 10.3. The molecule has 0 bridgehead atoms. The Bertz CT molecular complexity index is 527. The van der Waals surface area contributed by atoms with Gasteiger partial charge in [0.15, 0.2) is 9.84 Å². The minimum absolute atomic E-state index is 0.00774. The molecule has 1 aliphatic heterocycles. The SMILES string of the molecule is Cc1cc(Cl)nc(CN2CCS(=O)(=O)CC2C)n1. The van der Waals surface area contributed by atoms with Gasteiger partial charge in [-0.05, 0) is 19.9 Å². The van der Waals surface area contributed by atoms with Gasteiger partial charge < -0.3 is 0 Å². The van der Waals surface area contributed by atoms with Gasteiger partial charge >= 0.3 is 0 Å². The number of halogens is 1. The first-order valence-corrected chi connectivity index (χ1v) is 8.00. The quantitative estimate of drug-likeness (QED) is 0.762. The Morgan fingerprint density at radius 3 is 2.83 bits per heavy atom. The van der Waals surface area contributed by atoms with Crippen LogP contribution in [0.4, 0.5) is 0 Å². The third-order valence-electron chi connectivity index (χ3n) is 3.02. The Morgan fingerprint density at radius 1 is 1.50 bits per heavy atom. The Labute approximate surface area is 112 Å². The summed E-state index contributed by atoms with van der Waals surface area (Å²) in [7, 11) is -2.88. The van der Waals surface area contributed by atoms with Crippen molar-refractivity contribution in [3.05, 3.63) is 22.7 Å². The number of aryl methyl sites for hydroxylation is 1. The molecule has 0 aliphatic carbocycles. The van der Waals surface area contributed by atoms with Gasteiger partial charge in [-0.1, -0.05) is 11.6 Å². The highest BCUT2D eigenvalue weighted by atomic mass is 35.5. The number of nitrogens with zero attached hydrogens (tertiary/aromatic N) is 3. The molecule has 1 saturated heterocycles. The number of hydrogen-bond acceptors (Lipinski definition) is 5. The van der Waals surface area contributed by atoms with Gasteiger partial charge in [0.1, 0.15) is 11.0 Å². The van der Waals surface area contributed by atoms with E-state index >= 15 is 0 Å². The van der Waals surface area contributed by atoms with Crippen molar-refractivity contribution in [1.82, 2.24) is 14.9 Å². The second-order valence-electron chi connectivity index (χ2n) is 4.68.